The lowest BCUT2D eigenvalue weighted by Gasteiger charge is -2.29. The maximum absolute atomic E-state index is 4.49. The van der Waals surface area contributed by atoms with E-state index in [-0.39, 0.29) is 0 Å². The molecular weight excluding hydrogens is 214 g/mol. The fourth-order valence-corrected chi connectivity index (χ4v) is 3.36. The van der Waals surface area contributed by atoms with Gasteiger partial charge in [0.15, 0.2) is 0 Å². The minimum absolute atomic E-state index is 0.623. The van der Waals surface area contributed by atoms with Crippen molar-refractivity contribution in [1.82, 2.24) is 4.90 Å². The van der Waals surface area contributed by atoms with Crippen LogP contribution in [0.3, 0.4) is 0 Å². The van der Waals surface area contributed by atoms with Crippen LogP contribution < -0.4 is 0 Å². The van der Waals surface area contributed by atoms with Crippen LogP contribution in [0.4, 0.5) is 0 Å². The van der Waals surface area contributed by atoms with Gasteiger partial charge in [-0.2, -0.15) is 12.6 Å². The molecule has 0 aromatic rings. The predicted molar refractivity (Wildman–Crippen MR) is 76.3 cm³/mol. The van der Waals surface area contributed by atoms with Crippen molar-refractivity contribution in [1.29, 1.82) is 0 Å². The highest BCUT2D eigenvalue weighted by atomic mass is 32.1. The quantitative estimate of drug-likeness (QED) is 0.696. The molecule has 0 amide bonds. The molecule has 1 saturated heterocycles. The summed E-state index contributed by atoms with van der Waals surface area (Å²) in [4.78, 5) is 2.67. The van der Waals surface area contributed by atoms with Gasteiger partial charge in [-0.25, -0.2) is 0 Å². The third-order valence-electron chi connectivity index (χ3n) is 4.69. The van der Waals surface area contributed by atoms with Gasteiger partial charge in [-0.1, -0.05) is 27.7 Å². The molecule has 0 spiro atoms. The Morgan fingerprint density at radius 1 is 1.25 bits per heavy atom. The number of hydrogen-bond donors (Lipinski definition) is 1. The van der Waals surface area contributed by atoms with Crippen molar-refractivity contribution in [2.75, 3.05) is 25.4 Å². The molecule has 0 N–H and O–H groups in total. The van der Waals surface area contributed by atoms with E-state index < -0.39 is 0 Å². The molecule has 1 aliphatic heterocycles. The molecule has 1 unspecified atom stereocenters. The van der Waals surface area contributed by atoms with E-state index in [1.54, 1.807) is 0 Å². The number of hydrogen-bond acceptors (Lipinski definition) is 2. The number of likely N-dealkylation sites (tertiary alicyclic amines) is 1. The molecule has 16 heavy (non-hydrogen) atoms. The predicted octanol–water partition coefficient (Wildman–Crippen LogP) is 3.70. The highest BCUT2D eigenvalue weighted by Gasteiger charge is 2.35. The maximum atomic E-state index is 4.49. The maximum Gasteiger partial charge on any atom is 0.00384 e. The van der Waals surface area contributed by atoms with Crippen LogP contribution in [0, 0.1) is 17.3 Å². The summed E-state index contributed by atoms with van der Waals surface area (Å²) in [5.74, 6) is 2.54. The van der Waals surface area contributed by atoms with Gasteiger partial charge >= 0.3 is 0 Å². The van der Waals surface area contributed by atoms with Crippen molar-refractivity contribution >= 4 is 12.6 Å². The van der Waals surface area contributed by atoms with Crippen LogP contribution in [0.25, 0.3) is 0 Å². The number of nitrogens with zero attached hydrogens (tertiary/aromatic N) is 1. The average Bonchev–Trinajstić information content (AvgIpc) is 2.69. The van der Waals surface area contributed by atoms with Crippen LogP contribution in [0.5, 0.6) is 0 Å². The second-order valence-electron chi connectivity index (χ2n) is 5.88. The van der Waals surface area contributed by atoms with Gasteiger partial charge in [0.2, 0.25) is 0 Å². The highest BCUT2D eigenvalue weighted by Crippen LogP contribution is 2.37. The first-order valence-corrected chi connectivity index (χ1v) is 7.53. The van der Waals surface area contributed by atoms with Crippen LogP contribution >= 0.6 is 12.6 Å². The Bertz CT molecular complexity index is 199. The van der Waals surface area contributed by atoms with Crippen molar-refractivity contribution in [3.05, 3.63) is 0 Å². The van der Waals surface area contributed by atoms with Crippen LogP contribution in [0.1, 0.15) is 47.0 Å². The monoisotopic (exact) mass is 243 g/mol. The molecule has 0 radical (unpaired) electrons. The molecule has 1 nitrogen and oxygen atoms in total. The Labute approximate surface area is 107 Å². The summed E-state index contributed by atoms with van der Waals surface area (Å²) in [7, 11) is 0. The van der Waals surface area contributed by atoms with Crippen molar-refractivity contribution in [2.24, 2.45) is 17.3 Å². The number of thiol groups is 1. The van der Waals surface area contributed by atoms with Crippen LogP contribution in [0.15, 0.2) is 0 Å². The lowest BCUT2D eigenvalue weighted by atomic mass is 9.82. The SMILES string of the molecule is CCC1(CC)CCN(CC(CS)C(C)C)C1. The van der Waals surface area contributed by atoms with Crippen molar-refractivity contribution in [3.8, 4) is 0 Å². The summed E-state index contributed by atoms with van der Waals surface area (Å²) in [6, 6.07) is 0. The molecule has 1 heterocycles. The normalized spacial score (nSPS) is 22.9. The average molecular weight is 243 g/mol. The van der Waals surface area contributed by atoms with Gasteiger partial charge in [0.1, 0.15) is 0 Å². The molecule has 0 bridgehead atoms. The smallest absolute Gasteiger partial charge is 0.00384 e. The van der Waals surface area contributed by atoms with Gasteiger partial charge in [-0.3, -0.25) is 0 Å². The summed E-state index contributed by atoms with van der Waals surface area (Å²) in [5.41, 5.74) is 0.623. The Morgan fingerprint density at radius 3 is 2.25 bits per heavy atom. The minimum Gasteiger partial charge on any atom is -0.302 e. The lowest BCUT2D eigenvalue weighted by Crippen LogP contribution is -2.33. The molecular formula is C14H29NS. The lowest BCUT2D eigenvalue weighted by molar-refractivity contribution is 0.207. The van der Waals surface area contributed by atoms with Gasteiger partial charge < -0.3 is 4.90 Å². The first kappa shape index (κ1) is 14.4. The highest BCUT2D eigenvalue weighted by molar-refractivity contribution is 7.80. The molecule has 2 heteroatoms. The summed E-state index contributed by atoms with van der Waals surface area (Å²) < 4.78 is 0. The Balaban J connectivity index is 2.47. The van der Waals surface area contributed by atoms with Gasteiger partial charge in [0.05, 0.1) is 0 Å². The van der Waals surface area contributed by atoms with Crippen molar-refractivity contribution in [2.45, 2.75) is 47.0 Å². The summed E-state index contributed by atoms with van der Waals surface area (Å²) in [6.45, 7) is 13.2. The first-order chi connectivity index (χ1) is 7.56. The van der Waals surface area contributed by atoms with E-state index >= 15 is 0 Å². The molecule has 1 aliphatic rings. The fraction of sp³-hybridized carbons (Fsp3) is 1.00. The second-order valence-corrected chi connectivity index (χ2v) is 6.24. The second kappa shape index (κ2) is 6.30. The van der Waals surface area contributed by atoms with Gasteiger partial charge in [-0.15, -0.1) is 0 Å². The molecule has 0 aromatic heterocycles. The van der Waals surface area contributed by atoms with E-state index in [2.05, 4.69) is 45.2 Å². The molecule has 0 aromatic carbocycles. The van der Waals surface area contributed by atoms with E-state index in [0.29, 0.717) is 5.41 Å². The van der Waals surface area contributed by atoms with E-state index in [1.807, 2.05) is 0 Å². The number of rotatable bonds is 6. The first-order valence-electron chi connectivity index (χ1n) is 6.90. The molecule has 1 atom stereocenters. The van der Waals surface area contributed by atoms with Gasteiger partial charge in [0.25, 0.3) is 0 Å². The zero-order valence-corrected chi connectivity index (χ0v) is 12.4. The minimum atomic E-state index is 0.623. The Hall–Kier alpha value is 0.310. The van der Waals surface area contributed by atoms with Crippen molar-refractivity contribution < 1.29 is 0 Å². The zero-order chi connectivity index (χ0) is 12.2. The van der Waals surface area contributed by atoms with E-state index in [0.717, 1.165) is 17.6 Å². The van der Waals surface area contributed by atoms with Crippen LogP contribution in [-0.4, -0.2) is 30.3 Å². The van der Waals surface area contributed by atoms with E-state index in [4.69, 9.17) is 0 Å². The molecule has 1 fully saturated rings. The molecule has 0 aliphatic carbocycles. The van der Waals surface area contributed by atoms with E-state index in [9.17, 15) is 0 Å². The van der Waals surface area contributed by atoms with Crippen molar-refractivity contribution in [3.63, 3.8) is 0 Å². The third-order valence-corrected chi connectivity index (χ3v) is 5.16. The van der Waals surface area contributed by atoms with E-state index in [1.165, 1.54) is 38.9 Å². The third kappa shape index (κ3) is 3.40. The summed E-state index contributed by atoms with van der Waals surface area (Å²) in [6.07, 6.45) is 4.08. The fourth-order valence-electron chi connectivity index (χ4n) is 2.82. The largest absolute Gasteiger partial charge is 0.302 e. The van der Waals surface area contributed by atoms with Crippen LogP contribution in [-0.2, 0) is 0 Å². The zero-order valence-electron chi connectivity index (χ0n) is 11.5. The summed E-state index contributed by atoms with van der Waals surface area (Å²) in [5, 5.41) is 0. The Morgan fingerprint density at radius 2 is 1.88 bits per heavy atom. The Kier molecular flexibility index (Phi) is 5.66. The summed E-state index contributed by atoms with van der Waals surface area (Å²) >= 11 is 4.49. The molecule has 0 saturated carbocycles. The molecule has 1 rings (SSSR count). The van der Waals surface area contributed by atoms with Crippen LogP contribution in [0.2, 0.25) is 0 Å². The standard InChI is InChI=1S/C14H29NS/c1-5-14(6-2)7-8-15(11-14)9-13(10-16)12(3)4/h12-13,16H,5-11H2,1-4H3. The topological polar surface area (TPSA) is 3.24 Å². The molecule has 96 valence electrons. The van der Waals surface area contributed by atoms with Gasteiger partial charge in [-0.05, 0) is 48.8 Å². The van der Waals surface area contributed by atoms with Gasteiger partial charge in [0, 0.05) is 13.1 Å².